The van der Waals surface area contributed by atoms with Crippen molar-refractivity contribution in [3.63, 3.8) is 0 Å². The molecule has 1 rings (SSSR count). The Kier molecular flexibility index (Phi) is 4.70. The number of hydrogen-bond donors (Lipinski definition) is 2. The van der Waals surface area contributed by atoms with Crippen LogP contribution in [0.3, 0.4) is 0 Å². The highest BCUT2D eigenvalue weighted by molar-refractivity contribution is 5.77. The minimum Gasteiger partial charge on any atom is -0.480 e. The van der Waals surface area contributed by atoms with Gasteiger partial charge in [0.2, 0.25) is 0 Å². The summed E-state index contributed by atoms with van der Waals surface area (Å²) < 4.78 is 5.30. The molecule has 1 aliphatic rings. The summed E-state index contributed by atoms with van der Waals surface area (Å²) in [6, 6.07) is 0.480. The van der Waals surface area contributed by atoms with E-state index in [0.29, 0.717) is 12.5 Å². The van der Waals surface area contributed by atoms with Gasteiger partial charge in [-0.2, -0.15) is 0 Å². The van der Waals surface area contributed by atoms with E-state index in [1.165, 1.54) is 0 Å². The molecule has 0 aromatic heterocycles. The quantitative estimate of drug-likeness (QED) is 0.686. The van der Waals surface area contributed by atoms with Crippen LogP contribution < -0.4 is 5.73 Å². The van der Waals surface area contributed by atoms with Crippen LogP contribution in [0.25, 0.3) is 0 Å². The van der Waals surface area contributed by atoms with E-state index in [0.717, 1.165) is 32.6 Å². The number of rotatable bonds is 6. The number of ether oxygens (including phenoxy) is 1. The molecule has 0 aromatic rings. The smallest absolute Gasteiger partial charge is 0.323 e. The number of nitrogens with zero attached hydrogens (tertiary/aromatic N) is 1. The van der Waals surface area contributed by atoms with Gasteiger partial charge >= 0.3 is 5.97 Å². The predicted octanol–water partition coefficient (Wildman–Crippen LogP) is 0.289. The maximum Gasteiger partial charge on any atom is 0.323 e. The number of aliphatic carboxylic acids is 1. The topological polar surface area (TPSA) is 75.8 Å². The third-order valence-electron chi connectivity index (χ3n) is 3.22. The second-order valence-corrected chi connectivity index (χ2v) is 4.82. The lowest BCUT2D eigenvalue weighted by atomic mass is 9.97. The number of likely N-dealkylation sites (N-methyl/N-ethyl adjacent to an activating group) is 1. The molecular formula is C11H22N2O3. The van der Waals surface area contributed by atoms with E-state index in [9.17, 15) is 4.79 Å². The molecule has 1 heterocycles. The molecule has 94 valence electrons. The van der Waals surface area contributed by atoms with E-state index in [-0.39, 0.29) is 0 Å². The van der Waals surface area contributed by atoms with Crippen molar-refractivity contribution in [2.24, 2.45) is 5.73 Å². The standard InChI is InChI=1S/C11H22N2O3/c1-11(12,10(14)15)5-3-6-13(2)9-4-7-16-8-9/h9H,3-8,12H2,1-2H3,(H,14,15). The van der Waals surface area contributed by atoms with Crippen molar-refractivity contribution >= 4 is 5.97 Å². The minimum atomic E-state index is -1.10. The Morgan fingerprint density at radius 3 is 2.88 bits per heavy atom. The summed E-state index contributed by atoms with van der Waals surface area (Å²) in [5, 5.41) is 8.86. The second-order valence-electron chi connectivity index (χ2n) is 4.82. The molecule has 0 radical (unpaired) electrons. The maximum absolute atomic E-state index is 10.8. The largest absolute Gasteiger partial charge is 0.480 e. The fourth-order valence-corrected chi connectivity index (χ4v) is 1.85. The number of carbonyl (C=O) groups is 1. The Balaban J connectivity index is 2.21. The van der Waals surface area contributed by atoms with E-state index < -0.39 is 11.5 Å². The van der Waals surface area contributed by atoms with Gasteiger partial charge in [0.1, 0.15) is 5.54 Å². The van der Waals surface area contributed by atoms with Gasteiger partial charge in [0, 0.05) is 12.6 Å². The van der Waals surface area contributed by atoms with Gasteiger partial charge in [-0.15, -0.1) is 0 Å². The van der Waals surface area contributed by atoms with Crippen LogP contribution in [0.1, 0.15) is 26.2 Å². The first kappa shape index (κ1) is 13.4. The average molecular weight is 230 g/mol. The van der Waals surface area contributed by atoms with Crippen LogP contribution in [0.5, 0.6) is 0 Å². The Hall–Kier alpha value is -0.650. The normalized spacial score (nSPS) is 24.6. The highest BCUT2D eigenvalue weighted by Crippen LogP contribution is 2.14. The van der Waals surface area contributed by atoms with Gasteiger partial charge in [0.15, 0.2) is 0 Å². The molecule has 0 amide bonds. The summed E-state index contributed by atoms with van der Waals surface area (Å²) in [6.07, 6.45) is 2.36. The summed E-state index contributed by atoms with van der Waals surface area (Å²) in [7, 11) is 2.05. The molecule has 0 spiro atoms. The number of hydrogen-bond acceptors (Lipinski definition) is 4. The van der Waals surface area contributed by atoms with Crippen molar-refractivity contribution in [1.29, 1.82) is 0 Å². The zero-order valence-corrected chi connectivity index (χ0v) is 10.1. The van der Waals surface area contributed by atoms with Crippen LogP contribution >= 0.6 is 0 Å². The van der Waals surface area contributed by atoms with Gasteiger partial charge in [-0.25, -0.2) is 0 Å². The second kappa shape index (κ2) is 5.61. The van der Waals surface area contributed by atoms with E-state index in [1.807, 2.05) is 7.05 Å². The summed E-state index contributed by atoms with van der Waals surface area (Å²) in [4.78, 5) is 13.0. The molecule has 2 unspecified atom stereocenters. The Morgan fingerprint density at radius 1 is 1.69 bits per heavy atom. The van der Waals surface area contributed by atoms with Crippen molar-refractivity contribution in [1.82, 2.24) is 4.90 Å². The van der Waals surface area contributed by atoms with E-state index >= 15 is 0 Å². The zero-order valence-electron chi connectivity index (χ0n) is 10.1. The first-order valence-corrected chi connectivity index (χ1v) is 5.74. The van der Waals surface area contributed by atoms with Crippen molar-refractivity contribution in [2.75, 3.05) is 26.8 Å². The van der Waals surface area contributed by atoms with Gasteiger partial charge < -0.3 is 20.5 Å². The maximum atomic E-state index is 10.8. The Morgan fingerprint density at radius 2 is 2.38 bits per heavy atom. The van der Waals surface area contributed by atoms with Gasteiger partial charge in [-0.05, 0) is 39.8 Å². The molecule has 0 aromatic carbocycles. The van der Waals surface area contributed by atoms with Crippen molar-refractivity contribution in [2.45, 2.75) is 37.8 Å². The number of nitrogens with two attached hydrogens (primary N) is 1. The van der Waals surface area contributed by atoms with Crippen molar-refractivity contribution in [3.8, 4) is 0 Å². The monoisotopic (exact) mass is 230 g/mol. The number of carboxylic acid groups (broad SMARTS) is 1. The average Bonchev–Trinajstić information content (AvgIpc) is 2.69. The first-order chi connectivity index (χ1) is 7.43. The van der Waals surface area contributed by atoms with E-state index in [4.69, 9.17) is 15.6 Å². The summed E-state index contributed by atoms with van der Waals surface area (Å²) >= 11 is 0. The lowest BCUT2D eigenvalue weighted by Gasteiger charge is -2.25. The van der Waals surface area contributed by atoms with Gasteiger partial charge in [0.25, 0.3) is 0 Å². The lowest BCUT2D eigenvalue weighted by molar-refractivity contribution is -0.142. The number of carboxylic acids is 1. The summed E-state index contributed by atoms with van der Waals surface area (Å²) in [6.45, 7) is 4.05. The Labute approximate surface area is 96.6 Å². The van der Waals surface area contributed by atoms with Crippen LogP contribution in [0.2, 0.25) is 0 Å². The van der Waals surface area contributed by atoms with Crippen LogP contribution in [0.4, 0.5) is 0 Å². The Bertz CT molecular complexity index is 237. The lowest BCUT2D eigenvalue weighted by Crippen LogP contribution is -2.45. The van der Waals surface area contributed by atoms with Gasteiger partial charge in [-0.3, -0.25) is 4.79 Å². The van der Waals surface area contributed by atoms with Crippen LogP contribution in [0, 0.1) is 0 Å². The van der Waals surface area contributed by atoms with Crippen molar-refractivity contribution < 1.29 is 14.6 Å². The highest BCUT2D eigenvalue weighted by Gasteiger charge is 2.27. The molecule has 1 saturated heterocycles. The third kappa shape index (κ3) is 3.73. The summed E-state index contributed by atoms with van der Waals surface area (Å²) in [5.74, 6) is -0.931. The fourth-order valence-electron chi connectivity index (χ4n) is 1.85. The van der Waals surface area contributed by atoms with E-state index in [2.05, 4.69) is 4.90 Å². The van der Waals surface area contributed by atoms with Gasteiger partial charge in [-0.1, -0.05) is 0 Å². The van der Waals surface area contributed by atoms with E-state index in [1.54, 1.807) is 6.92 Å². The van der Waals surface area contributed by atoms with Crippen LogP contribution in [-0.4, -0.2) is 54.4 Å². The SMILES string of the molecule is CN(CCCC(C)(N)C(=O)O)C1CCOC1. The molecule has 0 saturated carbocycles. The third-order valence-corrected chi connectivity index (χ3v) is 3.22. The molecule has 0 aliphatic carbocycles. The molecule has 5 heteroatoms. The predicted molar refractivity (Wildman–Crippen MR) is 61.3 cm³/mol. The molecule has 1 fully saturated rings. The van der Waals surface area contributed by atoms with Crippen molar-refractivity contribution in [3.05, 3.63) is 0 Å². The molecule has 3 N–H and O–H groups in total. The van der Waals surface area contributed by atoms with Crippen LogP contribution in [-0.2, 0) is 9.53 Å². The highest BCUT2D eigenvalue weighted by atomic mass is 16.5. The van der Waals surface area contributed by atoms with Gasteiger partial charge in [0.05, 0.1) is 6.61 Å². The summed E-state index contributed by atoms with van der Waals surface area (Å²) in [5.41, 5.74) is 4.55. The first-order valence-electron chi connectivity index (χ1n) is 5.74. The molecule has 0 bridgehead atoms. The fraction of sp³-hybridized carbons (Fsp3) is 0.909. The molecule has 2 atom stereocenters. The molecule has 5 nitrogen and oxygen atoms in total. The zero-order chi connectivity index (χ0) is 12.2. The van der Waals surface area contributed by atoms with Crippen LogP contribution in [0.15, 0.2) is 0 Å². The molecule has 16 heavy (non-hydrogen) atoms. The molecule has 1 aliphatic heterocycles. The molecular weight excluding hydrogens is 208 g/mol. The minimum absolute atomic E-state index is 0.480.